The number of fused-ring (bicyclic) bond motifs is 1. The highest BCUT2D eigenvalue weighted by atomic mass is 16.3. The fourth-order valence-electron chi connectivity index (χ4n) is 3.44. The average Bonchev–Trinajstić information content (AvgIpc) is 3.05. The molecule has 1 nitrogen and oxygen atoms in total. The van der Waals surface area contributed by atoms with Crippen molar-refractivity contribution in [2.45, 2.75) is 65.2 Å². The van der Waals surface area contributed by atoms with Crippen molar-refractivity contribution in [2.24, 2.45) is 17.8 Å². The highest BCUT2D eigenvalue weighted by Gasteiger charge is 2.43. The van der Waals surface area contributed by atoms with Gasteiger partial charge in [-0.15, -0.1) is 0 Å². The molecule has 20 heavy (non-hydrogen) atoms. The van der Waals surface area contributed by atoms with Crippen molar-refractivity contribution >= 4 is 0 Å². The summed E-state index contributed by atoms with van der Waals surface area (Å²) in [5.74, 6) is 3.81. The van der Waals surface area contributed by atoms with Crippen molar-refractivity contribution in [1.29, 1.82) is 0 Å². The Morgan fingerprint density at radius 2 is 1.60 bits per heavy atom. The lowest BCUT2D eigenvalue weighted by Crippen LogP contribution is -1.86. The summed E-state index contributed by atoms with van der Waals surface area (Å²) >= 11 is 0. The molecule has 2 aliphatic rings. The SMILES string of the molecule is CC1CC2CC2C1.CCCCCCc1ccc(O)cc1. The summed E-state index contributed by atoms with van der Waals surface area (Å²) in [6.07, 6.45) is 11.0. The molecule has 1 N–H and O–H groups in total. The normalized spacial score (nSPS) is 26.6. The maximum atomic E-state index is 9.07. The van der Waals surface area contributed by atoms with E-state index < -0.39 is 0 Å². The maximum Gasteiger partial charge on any atom is 0.115 e. The van der Waals surface area contributed by atoms with Gasteiger partial charge in [-0.05, 0) is 67.6 Å². The number of aryl methyl sites for hydroxylation is 1. The Kier molecular flexibility index (Phi) is 5.94. The molecule has 3 rings (SSSR count). The average molecular weight is 274 g/mol. The van der Waals surface area contributed by atoms with Gasteiger partial charge in [0.1, 0.15) is 5.75 Å². The summed E-state index contributed by atoms with van der Waals surface area (Å²) in [6, 6.07) is 7.52. The van der Waals surface area contributed by atoms with Crippen LogP contribution in [0.25, 0.3) is 0 Å². The van der Waals surface area contributed by atoms with Gasteiger partial charge in [0.2, 0.25) is 0 Å². The monoisotopic (exact) mass is 274 g/mol. The molecule has 1 aromatic rings. The maximum absolute atomic E-state index is 9.07. The lowest BCUT2D eigenvalue weighted by atomic mass is 10.1. The zero-order valence-electron chi connectivity index (χ0n) is 13.1. The van der Waals surface area contributed by atoms with Crippen LogP contribution >= 0.6 is 0 Å². The molecule has 2 aliphatic carbocycles. The van der Waals surface area contributed by atoms with Crippen LogP contribution in [0.5, 0.6) is 5.75 Å². The second-order valence-electron chi connectivity index (χ2n) is 6.81. The molecule has 0 aromatic heterocycles. The van der Waals surface area contributed by atoms with Crippen molar-refractivity contribution in [2.75, 3.05) is 0 Å². The van der Waals surface area contributed by atoms with E-state index in [4.69, 9.17) is 5.11 Å². The summed E-state index contributed by atoms with van der Waals surface area (Å²) < 4.78 is 0. The molecule has 0 radical (unpaired) electrons. The van der Waals surface area contributed by atoms with Gasteiger partial charge >= 0.3 is 0 Å². The van der Waals surface area contributed by atoms with E-state index in [-0.39, 0.29) is 0 Å². The highest BCUT2D eigenvalue weighted by Crippen LogP contribution is 2.53. The fourth-order valence-corrected chi connectivity index (χ4v) is 3.44. The van der Waals surface area contributed by atoms with E-state index in [1.54, 1.807) is 31.4 Å². The molecule has 2 atom stereocenters. The lowest BCUT2D eigenvalue weighted by Gasteiger charge is -2.00. The van der Waals surface area contributed by atoms with E-state index in [1.807, 2.05) is 12.1 Å². The molecule has 1 aromatic carbocycles. The summed E-state index contributed by atoms with van der Waals surface area (Å²) in [7, 11) is 0. The van der Waals surface area contributed by atoms with E-state index >= 15 is 0 Å². The Balaban J connectivity index is 0.000000173. The van der Waals surface area contributed by atoms with E-state index in [9.17, 15) is 0 Å². The van der Waals surface area contributed by atoms with Crippen molar-refractivity contribution in [3.63, 3.8) is 0 Å². The number of benzene rings is 1. The fraction of sp³-hybridized carbons (Fsp3) is 0.684. The summed E-state index contributed by atoms with van der Waals surface area (Å²) in [5.41, 5.74) is 1.33. The summed E-state index contributed by atoms with van der Waals surface area (Å²) in [5, 5.41) is 9.07. The van der Waals surface area contributed by atoms with Gasteiger partial charge in [-0.1, -0.05) is 45.2 Å². The number of hydrogen-bond donors (Lipinski definition) is 1. The molecule has 2 unspecified atom stereocenters. The molecule has 0 spiro atoms. The molecule has 0 heterocycles. The molecule has 2 saturated carbocycles. The third-order valence-electron chi connectivity index (χ3n) is 4.73. The number of aromatic hydroxyl groups is 1. The molecular formula is C19H30O. The van der Waals surface area contributed by atoms with Gasteiger partial charge in [0.15, 0.2) is 0 Å². The van der Waals surface area contributed by atoms with Crippen LogP contribution in [0.2, 0.25) is 0 Å². The summed E-state index contributed by atoms with van der Waals surface area (Å²) in [6.45, 7) is 4.60. The lowest BCUT2D eigenvalue weighted by molar-refractivity contribution is 0.475. The Hall–Kier alpha value is -0.980. The van der Waals surface area contributed by atoms with E-state index in [0.29, 0.717) is 5.75 Å². The third-order valence-corrected chi connectivity index (χ3v) is 4.73. The molecule has 2 fully saturated rings. The number of hydrogen-bond acceptors (Lipinski definition) is 1. The number of phenolic OH excluding ortho intramolecular Hbond substituents is 1. The number of phenols is 1. The molecule has 112 valence electrons. The second-order valence-corrected chi connectivity index (χ2v) is 6.81. The Bertz CT molecular complexity index is 371. The van der Waals surface area contributed by atoms with Crippen LogP contribution in [0.4, 0.5) is 0 Å². The molecule has 0 saturated heterocycles. The van der Waals surface area contributed by atoms with Crippen molar-refractivity contribution in [1.82, 2.24) is 0 Å². The van der Waals surface area contributed by atoms with E-state index in [0.717, 1.165) is 12.3 Å². The van der Waals surface area contributed by atoms with Crippen LogP contribution in [0, 0.1) is 17.8 Å². The van der Waals surface area contributed by atoms with Gasteiger partial charge in [-0.3, -0.25) is 0 Å². The van der Waals surface area contributed by atoms with Crippen LogP contribution in [0.1, 0.15) is 64.4 Å². The summed E-state index contributed by atoms with van der Waals surface area (Å²) in [4.78, 5) is 0. The zero-order valence-corrected chi connectivity index (χ0v) is 13.1. The van der Waals surface area contributed by atoms with Crippen LogP contribution in [0.3, 0.4) is 0 Å². The van der Waals surface area contributed by atoms with Crippen molar-refractivity contribution in [3.8, 4) is 5.75 Å². The molecular weight excluding hydrogens is 244 g/mol. The molecule has 1 heteroatoms. The Labute approximate surface area is 124 Å². The quantitative estimate of drug-likeness (QED) is 0.696. The van der Waals surface area contributed by atoms with Crippen molar-refractivity contribution < 1.29 is 5.11 Å². The predicted molar refractivity (Wildman–Crippen MR) is 85.9 cm³/mol. The predicted octanol–water partition coefficient (Wildman–Crippen LogP) is 5.57. The first kappa shape index (κ1) is 15.4. The third kappa shape index (κ3) is 5.19. The first-order valence-electron chi connectivity index (χ1n) is 8.47. The van der Waals surface area contributed by atoms with Crippen LogP contribution in [-0.2, 0) is 6.42 Å². The smallest absolute Gasteiger partial charge is 0.115 e. The highest BCUT2D eigenvalue weighted by molar-refractivity contribution is 5.25. The molecule has 0 amide bonds. The Morgan fingerprint density at radius 1 is 0.950 bits per heavy atom. The minimum atomic E-state index is 0.359. The topological polar surface area (TPSA) is 20.2 Å². The van der Waals surface area contributed by atoms with Crippen LogP contribution in [-0.4, -0.2) is 5.11 Å². The zero-order chi connectivity index (χ0) is 14.4. The van der Waals surface area contributed by atoms with Crippen LogP contribution in [0.15, 0.2) is 24.3 Å². The van der Waals surface area contributed by atoms with Gasteiger partial charge in [0.05, 0.1) is 0 Å². The van der Waals surface area contributed by atoms with Gasteiger partial charge in [-0.25, -0.2) is 0 Å². The van der Waals surface area contributed by atoms with Gasteiger partial charge in [0, 0.05) is 0 Å². The van der Waals surface area contributed by atoms with Gasteiger partial charge in [-0.2, -0.15) is 0 Å². The van der Waals surface area contributed by atoms with E-state index in [2.05, 4.69) is 13.8 Å². The molecule has 0 aliphatic heterocycles. The van der Waals surface area contributed by atoms with E-state index in [1.165, 1.54) is 43.1 Å². The first-order chi connectivity index (χ1) is 9.69. The van der Waals surface area contributed by atoms with Gasteiger partial charge in [0.25, 0.3) is 0 Å². The second kappa shape index (κ2) is 7.71. The number of unbranched alkanes of at least 4 members (excludes halogenated alkanes) is 3. The standard InChI is InChI=1S/C12H18O.C7H12/c1-2-3-4-5-6-11-7-9-12(13)10-8-11;1-5-2-6-4-7(6)3-5/h7-10,13H,2-6H2,1H3;5-7H,2-4H2,1H3. The van der Waals surface area contributed by atoms with Crippen molar-refractivity contribution in [3.05, 3.63) is 29.8 Å². The minimum absolute atomic E-state index is 0.359. The van der Waals surface area contributed by atoms with Crippen LogP contribution < -0.4 is 0 Å². The number of rotatable bonds is 5. The van der Waals surface area contributed by atoms with Gasteiger partial charge < -0.3 is 5.11 Å². The molecule has 0 bridgehead atoms. The minimum Gasteiger partial charge on any atom is -0.508 e. The largest absolute Gasteiger partial charge is 0.508 e. The Morgan fingerprint density at radius 3 is 2.10 bits per heavy atom. The first-order valence-corrected chi connectivity index (χ1v) is 8.47.